The summed E-state index contributed by atoms with van der Waals surface area (Å²) >= 11 is 2.10. The summed E-state index contributed by atoms with van der Waals surface area (Å²) in [6.07, 6.45) is -1.01. The molecule has 1 aromatic rings. The number of nitrogens with zero attached hydrogens (tertiary/aromatic N) is 1. The molecule has 0 aliphatic rings. The fourth-order valence-electron chi connectivity index (χ4n) is 0.979. The lowest BCUT2D eigenvalue weighted by molar-refractivity contribution is 0.0501. The van der Waals surface area contributed by atoms with Gasteiger partial charge in [0, 0.05) is 3.57 Å². The quantitative estimate of drug-likeness (QED) is 0.574. The van der Waals surface area contributed by atoms with Crippen LogP contribution in [-0.4, -0.2) is 11.7 Å². The number of benzene rings is 1. The van der Waals surface area contributed by atoms with Gasteiger partial charge in [-0.05, 0) is 67.6 Å². The topological polar surface area (TPSA) is 29.5 Å². The van der Waals surface area contributed by atoms with Crippen molar-refractivity contribution in [1.29, 1.82) is 0 Å². The van der Waals surface area contributed by atoms with Crippen molar-refractivity contribution >= 4 is 34.4 Å². The van der Waals surface area contributed by atoms with Gasteiger partial charge in [0.25, 0.3) is 0 Å². The van der Waals surface area contributed by atoms with Crippen molar-refractivity contribution in [2.45, 2.75) is 26.4 Å². The minimum absolute atomic E-state index is 0.00132. The van der Waals surface area contributed by atoms with Crippen molar-refractivity contribution in [3.63, 3.8) is 0 Å². The highest BCUT2D eigenvalue weighted by molar-refractivity contribution is 14.1. The SMILES string of the molecule is CC(C)(C)OC(=O)N(F)c1ccc(I)cc1. The second-order valence-corrected chi connectivity index (χ2v) is 5.48. The molecule has 0 saturated heterocycles. The standard InChI is InChI=1S/C11H13FINO2/c1-11(2,3)16-10(15)14(12)9-6-4-8(13)5-7-9/h4-7H,1-3H3. The third kappa shape index (κ3) is 3.96. The summed E-state index contributed by atoms with van der Waals surface area (Å²) in [5.74, 6) is 0. The van der Waals surface area contributed by atoms with E-state index in [1.807, 2.05) is 0 Å². The van der Waals surface area contributed by atoms with Gasteiger partial charge in [-0.1, -0.05) is 4.48 Å². The second-order valence-electron chi connectivity index (χ2n) is 4.24. The molecule has 0 radical (unpaired) electrons. The van der Waals surface area contributed by atoms with Gasteiger partial charge in [0.05, 0.1) is 5.69 Å². The van der Waals surface area contributed by atoms with Gasteiger partial charge in [-0.2, -0.15) is 0 Å². The van der Waals surface area contributed by atoms with Crippen LogP contribution < -0.4 is 5.12 Å². The third-order valence-electron chi connectivity index (χ3n) is 1.61. The molecule has 16 heavy (non-hydrogen) atoms. The fourth-order valence-corrected chi connectivity index (χ4v) is 1.34. The van der Waals surface area contributed by atoms with Gasteiger partial charge >= 0.3 is 6.09 Å². The zero-order chi connectivity index (χ0) is 12.3. The third-order valence-corrected chi connectivity index (χ3v) is 2.33. The molecule has 0 aliphatic carbocycles. The van der Waals surface area contributed by atoms with Crippen molar-refractivity contribution in [1.82, 2.24) is 0 Å². The van der Waals surface area contributed by atoms with Crippen LogP contribution in [0.1, 0.15) is 20.8 Å². The van der Waals surface area contributed by atoms with Gasteiger partial charge in [-0.3, -0.25) is 0 Å². The zero-order valence-electron chi connectivity index (χ0n) is 9.33. The Morgan fingerprint density at radius 3 is 2.25 bits per heavy atom. The van der Waals surface area contributed by atoms with E-state index in [1.54, 1.807) is 32.9 Å². The number of rotatable bonds is 1. The molecule has 0 unspecified atom stereocenters. The van der Waals surface area contributed by atoms with Crippen LogP contribution in [-0.2, 0) is 4.74 Å². The molecule has 0 aliphatic heterocycles. The molecule has 88 valence electrons. The lowest BCUT2D eigenvalue weighted by atomic mass is 10.2. The number of anilines is 1. The van der Waals surface area contributed by atoms with Crippen LogP contribution in [0.3, 0.4) is 0 Å². The first-order chi connectivity index (χ1) is 7.29. The van der Waals surface area contributed by atoms with Crippen LogP contribution in [0.25, 0.3) is 0 Å². The Hall–Kier alpha value is -0.850. The first kappa shape index (κ1) is 13.2. The smallest absolute Gasteiger partial charge is 0.442 e. The van der Waals surface area contributed by atoms with E-state index in [1.165, 1.54) is 12.1 Å². The minimum atomic E-state index is -1.01. The lowest BCUT2D eigenvalue weighted by Gasteiger charge is -2.21. The van der Waals surface area contributed by atoms with Gasteiger partial charge in [0.1, 0.15) is 5.60 Å². The van der Waals surface area contributed by atoms with E-state index in [4.69, 9.17) is 4.74 Å². The van der Waals surface area contributed by atoms with Crippen LogP contribution >= 0.6 is 22.6 Å². The number of hydrogen-bond acceptors (Lipinski definition) is 2. The Bertz CT molecular complexity index is 373. The van der Waals surface area contributed by atoms with Crippen molar-refractivity contribution in [2.75, 3.05) is 5.12 Å². The minimum Gasteiger partial charge on any atom is -0.442 e. The largest absolute Gasteiger partial charge is 0.443 e. The Morgan fingerprint density at radius 1 is 1.31 bits per heavy atom. The summed E-state index contributed by atoms with van der Waals surface area (Å²) in [6.45, 7) is 5.06. The maximum absolute atomic E-state index is 13.5. The maximum atomic E-state index is 13.5. The zero-order valence-corrected chi connectivity index (χ0v) is 11.5. The van der Waals surface area contributed by atoms with E-state index < -0.39 is 11.7 Å². The number of amides is 1. The predicted molar refractivity (Wildman–Crippen MR) is 69.0 cm³/mol. The van der Waals surface area contributed by atoms with E-state index >= 15 is 0 Å². The fraction of sp³-hybridized carbons (Fsp3) is 0.364. The van der Waals surface area contributed by atoms with Gasteiger partial charge in [0.2, 0.25) is 0 Å². The highest BCUT2D eigenvalue weighted by Crippen LogP contribution is 2.19. The van der Waals surface area contributed by atoms with Gasteiger partial charge < -0.3 is 4.74 Å². The Labute approximate surface area is 108 Å². The second kappa shape index (κ2) is 4.99. The molecule has 0 aromatic heterocycles. The molecule has 0 N–H and O–H groups in total. The summed E-state index contributed by atoms with van der Waals surface area (Å²) in [7, 11) is 0. The molecule has 1 aromatic carbocycles. The highest BCUT2D eigenvalue weighted by atomic mass is 127. The molecule has 0 heterocycles. The number of ether oxygens (including phenoxy) is 1. The van der Waals surface area contributed by atoms with Crippen LogP contribution in [0, 0.1) is 3.57 Å². The number of halogens is 2. The molecule has 0 saturated carbocycles. The van der Waals surface area contributed by atoms with Gasteiger partial charge in [-0.25, -0.2) is 4.79 Å². The van der Waals surface area contributed by atoms with Crippen LogP contribution in [0.15, 0.2) is 24.3 Å². The molecular formula is C11H13FINO2. The van der Waals surface area contributed by atoms with Gasteiger partial charge in [0.15, 0.2) is 0 Å². The van der Waals surface area contributed by atoms with Crippen molar-refractivity contribution < 1.29 is 14.0 Å². The Morgan fingerprint density at radius 2 is 1.81 bits per heavy atom. The average Bonchev–Trinajstić information content (AvgIpc) is 2.15. The summed E-state index contributed by atoms with van der Waals surface area (Å²) in [5, 5.41) is 0.00132. The van der Waals surface area contributed by atoms with Crippen LogP contribution in [0.4, 0.5) is 15.0 Å². The first-order valence-electron chi connectivity index (χ1n) is 4.74. The predicted octanol–water partition coefficient (Wildman–Crippen LogP) is 3.92. The monoisotopic (exact) mass is 337 g/mol. The Balaban J connectivity index is 2.74. The highest BCUT2D eigenvalue weighted by Gasteiger charge is 2.23. The molecule has 0 fully saturated rings. The van der Waals surface area contributed by atoms with Crippen molar-refractivity contribution in [2.24, 2.45) is 0 Å². The number of carbonyl (C=O) groups is 1. The molecule has 0 spiro atoms. The first-order valence-corrected chi connectivity index (χ1v) is 5.82. The summed E-state index contributed by atoms with van der Waals surface area (Å²) < 4.78 is 19.4. The summed E-state index contributed by atoms with van der Waals surface area (Å²) in [4.78, 5) is 11.4. The maximum Gasteiger partial charge on any atom is 0.443 e. The molecule has 0 atom stereocenters. The Kier molecular flexibility index (Phi) is 4.12. The van der Waals surface area contributed by atoms with Crippen molar-refractivity contribution in [3.8, 4) is 0 Å². The van der Waals surface area contributed by atoms with Gasteiger partial charge in [-0.15, -0.1) is 5.12 Å². The average molecular weight is 337 g/mol. The van der Waals surface area contributed by atoms with E-state index in [2.05, 4.69) is 22.6 Å². The van der Waals surface area contributed by atoms with E-state index in [-0.39, 0.29) is 10.8 Å². The van der Waals surface area contributed by atoms with Crippen LogP contribution in [0.5, 0.6) is 0 Å². The van der Waals surface area contributed by atoms with E-state index in [9.17, 15) is 9.28 Å². The molecule has 1 rings (SSSR count). The number of carbonyl (C=O) groups excluding carboxylic acids is 1. The van der Waals surface area contributed by atoms with Crippen molar-refractivity contribution in [3.05, 3.63) is 27.8 Å². The van der Waals surface area contributed by atoms with E-state index in [0.29, 0.717) is 0 Å². The number of hydrogen-bond donors (Lipinski definition) is 0. The molecular weight excluding hydrogens is 324 g/mol. The van der Waals surface area contributed by atoms with Crippen LogP contribution in [0.2, 0.25) is 0 Å². The molecule has 0 bridgehead atoms. The molecule has 3 nitrogen and oxygen atoms in total. The van der Waals surface area contributed by atoms with E-state index in [0.717, 1.165) is 3.57 Å². The molecule has 1 amide bonds. The molecule has 5 heteroatoms. The lowest BCUT2D eigenvalue weighted by Crippen LogP contribution is -2.31. The normalized spacial score (nSPS) is 11.1. The summed E-state index contributed by atoms with van der Waals surface area (Å²) in [5.41, 5.74) is -0.542. The summed E-state index contributed by atoms with van der Waals surface area (Å²) in [6, 6.07) is 6.47.